The average molecular weight is 239 g/mol. The maximum atomic E-state index is 5.38. The third-order valence-electron chi connectivity index (χ3n) is 4.58. The van der Waals surface area contributed by atoms with E-state index in [2.05, 4.69) is 15.1 Å². The van der Waals surface area contributed by atoms with Crippen LogP contribution in [0.2, 0.25) is 0 Å². The van der Waals surface area contributed by atoms with Crippen molar-refractivity contribution in [1.82, 2.24) is 15.1 Å². The molecule has 4 heteroatoms. The highest BCUT2D eigenvalue weighted by Crippen LogP contribution is 2.24. The minimum Gasteiger partial charge on any atom is -0.379 e. The zero-order chi connectivity index (χ0) is 11.5. The number of morpholine rings is 1. The van der Waals surface area contributed by atoms with Crippen molar-refractivity contribution >= 4 is 0 Å². The number of piperidine rings is 1. The molecule has 0 saturated carbocycles. The van der Waals surface area contributed by atoms with Crippen molar-refractivity contribution in [3.8, 4) is 0 Å². The molecule has 3 rings (SSSR count). The van der Waals surface area contributed by atoms with Gasteiger partial charge in [-0.1, -0.05) is 0 Å². The van der Waals surface area contributed by atoms with Crippen molar-refractivity contribution < 1.29 is 4.74 Å². The number of nitrogens with one attached hydrogen (secondary N) is 1. The minimum absolute atomic E-state index is 0.828. The standard InChI is InChI=1S/C13H25N3O/c1-3-14-13-2-4-16(11-12(1)13)6-5-15-7-9-17-10-8-15/h12-14H,1-11H2. The molecule has 1 N–H and O–H groups in total. The van der Waals surface area contributed by atoms with Gasteiger partial charge in [0.15, 0.2) is 0 Å². The van der Waals surface area contributed by atoms with Crippen LogP contribution in [0.25, 0.3) is 0 Å². The molecule has 0 aromatic carbocycles. The number of nitrogens with zero attached hydrogens (tertiary/aromatic N) is 2. The molecule has 2 atom stereocenters. The van der Waals surface area contributed by atoms with Gasteiger partial charge in [0.05, 0.1) is 13.2 Å². The highest BCUT2D eigenvalue weighted by Gasteiger charge is 2.32. The molecule has 3 saturated heterocycles. The van der Waals surface area contributed by atoms with Gasteiger partial charge in [0.25, 0.3) is 0 Å². The van der Waals surface area contributed by atoms with Crippen LogP contribution in [0.3, 0.4) is 0 Å². The lowest BCUT2D eigenvalue weighted by Gasteiger charge is -2.36. The van der Waals surface area contributed by atoms with E-state index in [0.29, 0.717) is 0 Å². The van der Waals surface area contributed by atoms with Gasteiger partial charge in [0.2, 0.25) is 0 Å². The van der Waals surface area contributed by atoms with Gasteiger partial charge >= 0.3 is 0 Å². The Morgan fingerprint density at radius 2 is 1.82 bits per heavy atom. The topological polar surface area (TPSA) is 27.7 Å². The first-order chi connectivity index (χ1) is 8.42. The Kier molecular flexibility index (Phi) is 3.96. The van der Waals surface area contributed by atoms with Crippen molar-refractivity contribution in [2.45, 2.75) is 18.9 Å². The van der Waals surface area contributed by atoms with E-state index in [1.807, 2.05) is 0 Å². The summed E-state index contributed by atoms with van der Waals surface area (Å²) in [6.45, 7) is 10.4. The van der Waals surface area contributed by atoms with Crippen LogP contribution in [-0.4, -0.2) is 74.9 Å². The van der Waals surface area contributed by atoms with Crippen LogP contribution < -0.4 is 5.32 Å². The molecule has 0 bridgehead atoms. The molecule has 0 spiro atoms. The van der Waals surface area contributed by atoms with E-state index in [4.69, 9.17) is 4.74 Å². The summed E-state index contributed by atoms with van der Waals surface area (Å²) >= 11 is 0. The second kappa shape index (κ2) is 5.65. The fraction of sp³-hybridized carbons (Fsp3) is 1.00. The number of likely N-dealkylation sites (tertiary alicyclic amines) is 1. The summed E-state index contributed by atoms with van der Waals surface area (Å²) in [5, 5.41) is 3.63. The summed E-state index contributed by atoms with van der Waals surface area (Å²) in [5.41, 5.74) is 0. The summed E-state index contributed by atoms with van der Waals surface area (Å²) < 4.78 is 5.38. The fourth-order valence-corrected chi connectivity index (χ4v) is 3.43. The molecule has 0 aliphatic carbocycles. The molecule has 0 aromatic rings. The van der Waals surface area contributed by atoms with Gasteiger partial charge < -0.3 is 15.0 Å². The summed E-state index contributed by atoms with van der Waals surface area (Å²) in [5.74, 6) is 0.924. The second-order valence-electron chi connectivity index (χ2n) is 5.65. The number of hydrogen-bond acceptors (Lipinski definition) is 4. The van der Waals surface area contributed by atoms with Crippen molar-refractivity contribution in [2.75, 3.05) is 59.0 Å². The number of ether oxygens (including phenoxy) is 1. The van der Waals surface area contributed by atoms with Crippen LogP contribution in [0.15, 0.2) is 0 Å². The van der Waals surface area contributed by atoms with Gasteiger partial charge in [-0.15, -0.1) is 0 Å². The highest BCUT2D eigenvalue weighted by molar-refractivity contribution is 4.90. The van der Waals surface area contributed by atoms with Gasteiger partial charge in [0, 0.05) is 38.8 Å². The molecule has 98 valence electrons. The van der Waals surface area contributed by atoms with E-state index >= 15 is 0 Å². The van der Waals surface area contributed by atoms with E-state index < -0.39 is 0 Å². The van der Waals surface area contributed by atoms with Gasteiger partial charge in [-0.2, -0.15) is 0 Å². The maximum Gasteiger partial charge on any atom is 0.0594 e. The molecule has 3 aliphatic heterocycles. The summed E-state index contributed by atoms with van der Waals surface area (Å²) in [6, 6.07) is 0.828. The van der Waals surface area contributed by atoms with Crippen LogP contribution in [0.4, 0.5) is 0 Å². The lowest BCUT2D eigenvalue weighted by Crippen LogP contribution is -2.48. The highest BCUT2D eigenvalue weighted by atomic mass is 16.5. The molecule has 3 heterocycles. The Hall–Kier alpha value is -0.160. The zero-order valence-corrected chi connectivity index (χ0v) is 10.7. The third-order valence-corrected chi connectivity index (χ3v) is 4.58. The first-order valence-corrected chi connectivity index (χ1v) is 7.18. The molecule has 0 amide bonds. The van der Waals surface area contributed by atoms with Crippen LogP contribution >= 0.6 is 0 Å². The van der Waals surface area contributed by atoms with Gasteiger partial charge in [-0.25, -0.2) is 0 Å². The van der Waals surface area contributed by atoms with Crippen molar-refractivity contribution in [1.29, 1.82) is 0 Å². The van der Waals surface area contributed by atoms with Crippen LogP contribution in [-0.2, 0) is 4.74 Å². The predicted molar refractivity (Wildman–Crippen MR) is 68.2 cm³/mol. The normalized spacial score (nSPS) is 36.0. The van der Waals surface area contributed by atoms with Crippen LogP contribution in [0.1, 0.15) is 12.8 Å². The summed E-state index contributed by atoms with van der Waals surface area (Å²) in [6.07, 6.45) is 2.74. The number of rotatable bonds is 3. The Balaban J connectivity index is 1.40. The second-order valence-corrected chi connectivity index (χ2v) is 5.65. The predicted octanol–water partition coefficient (Wildman–Crippen LogP) is 0.00240. The van der Waals surface area contributed by atoms with E-state index in [1.54, 1.807) is 0 Å². The molecule has 0 radical (unpaired) electrons. The van der Waals surface area contributed by atoms with E-state index in [9.17, 15) is 0 Å². The smallest absolute Gasteiger partial charge is 0.0594 e. The largest absolute Gasteiger partial charge is 0.379 e. The van der Waals surface area contributed by atoms with Gasteiger partial charge in [0.1, 0.15) is 0 Å². The molecule has 0 aromatic heterocycles. The molecule has 3 aliphatic rings. The van der Waals surface area contributed by atoms with Gasteiger partial charge in [-0.05, 0) is 31.8 Å². The minimum atomic E-state index is 0.828. The van der Waals surface area contributed by atoms with E-state index in [-0.39, 0.29) is 0 Å². The van der Waals surface area contributed by atoms with Gasteiger partial charge in [-0.3, -0.25) is 4.90 Å². The van der Waals surface area contributed by atoms with Crippen molar-refractivity contribution in [3.05, 3.63) is 0 Å². The average Bonchev–Trinajstić information content (AvgIpc) is 2.85. The monoisotopic (exact) mass is 239 g/mol. The molecule has 2 unspecified atom stereocenters. The first-order valence-electron chi connectivity index (χ1n) is 7.18. The maximum absolute atomic E-state index is 5.38. The molecular formula is C13H25N3O. The van der Waals surface area contributed by atoms with Crippen LogP contribution in [0, 0.1) is 5.92 Å². The Morgan fingerprint density at radius 3 is 2.71 bits per heavy atom. The fourth-order valence-electron chi connectivity index (χ4n) is 3.43. The Bertz CT molecular complexity index is 243. The SMILES string of the molecule is C1CC2CN(CCN3CCOCC3)CCC2N1. The molecule has 17 heavy (non-hydrogen) atoms. The molecule has 3 fully saturated rings. The molecular weight excluding hydrogens is 214 g/mol. The quantitative estimate of drug-likeness (QED) is 0.750. The Labute approximate surface area is 104 Å². The Morgan fingerprint density at radius 1 is 1.00 bits per heavy atom. The number of hydrogen-bond donors (Lipinski definition) is 1. The van der Waals surface area contributed by atoms with E-state index in [1.165, 1.54) is 45.6 Å². The van der Waals surface area contributed by atoms with Crippen molar-refractivity contribution in [2.24, 2.45) is 5.92 Å². The zero-order valence-electron chi connectivity index (χ0n) is 10.7. The third kappa shape index (κ3) is 2.99. The lowest BCUT2D eigenvalue weighted by atomic mass is 9.93. The first kappa shape index (κ1) is 11.9. The molecule has 4 nitrogen and oxygen atoms in total. The van der Waals surface area contributed by atoms with Crippen molar-refractivity contribution in [3.63, 3.8) is 0 Å². The number of fused-ring (bicyclic) bond motifs is 1. The summed E-state index contributed by atoms with van der Waals surface area (Å²) in [7, 11) is 0. The summed E-state index contributed by atoms with van der Waals surface area (Å²) in [4.78, 5) is 5.21. The lowest BCUT2D eigenvalue weighted by molar-refractivity contribution is 0.0305. The van der Waals surface area contributed by atoms with Crippen LogP contribution in [0.5, 0.6) is 0 Å². The van der Waals surface area contributed by atoms with E-state index in [0.717, 1.165) is 38.3 Å².